The lowest BCUT2D eigenvalue weighted by molar-refractivity contribution is 0.103. The number of aromatic nitrogens is 1. The monoisotopic (exact) mass is 263 g/mol. The minimum Gasteiger partial charge on any atom is -0.495 e. The average Bonchev–Trinajstić information content (AvgIpc) is 2.42. The van der Waals surface area contributed by atoms with Crippen LogP contribution < -0.4 is 4.74 Å². The summed E-state index contributed by atoms with van der Waals surface area (Å²) in [5.41, 5.74) is 0.207. The lowest BCUT2D eigenvalue weighted by atomic mass is 10.0. The molecule has 0 bridgehead atoms. The molecule has 1 heterocycles. The number of ketones is 1. The standard InChI is InChI=1S/C14H11F2NO2/c1-8-3-11(13(16)5-12(8)15)14(18)9-4-10(19-2)7-17-6-9/h3-7H,1-2H3. The maximum Gasteiger partial charge on any atom is 0.197 e. The molecule has 0 aliphatic rings. The minimum absolute atomic E-state index is 0.184. The molecule has 0 aliphatic heterocycles. The molecule has 0 fully saturated rings. The van der Waals surface area contributed by atoms with Gasteiger partial charge in [-0.1, -0.05) is 0 Å². The second-order valence-electron chi connectivity index (χ2n) is 4.02. The van der Waals surface area contributed by atoms with Crippen molar-refractivity contribution in [2.75, 3.05) is 7.11 Å². The normalized spacial score (nSPS) is 10.3. The van der Waals surface area contributed by atoms with Crippen LogP contribution in [0.15, 0.2) is 30.6 Å². The van der Waals surface area contributed by atoms with E-state index >= 15 is 0 Å². The van der Waals surface area contributed by atoms with Crippen molar-refractivity contribution in [3.05, 3.63) is 58.9 Å². The lowest BCUT2D eigenvalue weighted by Crippen LogP contribution is -2.06. The first kappa shape index (κ1) is 13.1. The summed E-state index contributed by atoms with van der Waals surface area (Å²) in [4.78, 5) is 16.0. The maximum absolute atomic E-state index is 13.6. The average molecular weight is 263 g/mol. The van der Waals surface area contributed by atoms with Crippen LogP contribution in [0.5, 0.6) is 5.75 Å². The third-order valence-corrected chi connectivity index (χ3v) is 2.70. The number of aryl methyl sites for hydroxylation is 1. The van der Waals surface area contributed by atoms with E-state index in [0.29, 0.717) is 11.8 Å². The van der Waals surface area contributed by atoms with E-state index < -0.39 is 17.4 Å². The fourth-order valence-electron chi connectivity index (χ4n) is 1.64. The Bertz CT molecular complexity index is 641. The van der Waals surface area contributed by atoms with Gasteiger partial charge in [0, 0.05) is 17.8 Å². The van der Waals surface area contributed by atoms with Gasteiger partial charge in [-0.2, -0.15) is 0 Å². The molecule has 0 saturated carbocycles. The SMILES string of the molecule is COc1cncc(C(=O)c2cc(C)c(F)cc2F)c1. The summed E-state index contributed by atoms with van der Waals surface area (Å²) in [6.45, 7) is 1.47. The van der Waals surface area contributed by atoms with Crippen molar-refractivity contribution in [2.45, 2.75) is 6.92 Å². The third kappa shape index (κ3) is 2.59. The number of hydrogen-bond acceptors (Lipinski definition) is 3. The molecule has 0 saturated heterocycles. The van der Waals surface area contributed by atoms with Crippen LogP contribution in [0, 0.1) is 18.6 Å². The van der Waals surface area contributed by atoms with E-state index in [0.717, 1.165) is 0 Å². The van der Waals surface area contributed by atoms with E-state index in [1.54, 1.807) is 0 Å². The topological polar surface area (TPSA) is 39.2 Å². The first-order chi connectivity index (χ1) is 9.02. The molecular formula is C14H11F2NO2. The van der Waals surface area contributed by atoms with Gasteiger partial charge in [-0.25, -0.2) is 8.78 Å². The Morgan fingerprint density at radius 3 is 2.58 bits per heavy atom. The Balaban J connectivity index is 2.46. The minimum atomic E-state index is -0.893. The summed E-state index contributed by atoms with van der Waals surface area (Å²) in [7, 11) is 1.44. The molecule has 2 aromatic rings. The smallest absolute Gasteiger partial charge is 0.197 e. The Hall–Kier alpha value is -2.30. The van der Waals surface area contributed by atoms with Crippen LogP contribution in [0.2, 0.25) is 0 Å². The van der Waals surface area contributed by atoms with E-state index in [4.69, 9.17) is 4.74 Å². The van der Waals surface area contributed by atoms with Gasteiger partial charge >= 0.3 is 0 Å². The zero-order valence-corrected chi connectivity index (χ0v) is 10.4. The van der Waals surface area contributed by atoms with E-state index in [2.05, 4.69) is 4.98 Å². The summed E-state index contributed by atoms with van der Waals surface area (Å²) in [6, 6.07) is 3.34. The summed E-state index contributed by atoms with van der Waals surface area (Å²) in [5.74, 6) is -1.74. The molecule has 5 heteroatoms. The van der Waals surface area contributed by atoms with Crippen LogP contribution in [0.4, 0.5) is 8.78 Å². The van der Waals surface area contributed by atoms with Crippen molar-refractivity contribution in [1.82, 2.24) is 4.98 Å². The van der Waals surface area contributed by atoms with Crippen LogP contribution in [-0.2, 0) is 0 Å². The highest BCUT2D eigenvalue weighted by molar-refractivity contribution is 6.09. The van der Waals surface area contributed by atoms with E-state index in [-0.39, 0.29) is 16.7 Å². The highest BCUT2D eigenvalue weighted by Gasteiger charge is 2.17. The number of hydrogen-bond donors (Lipinski definition) is 0. The molecule has 1 aromatic carbocycles. The molecule has 0 amide bonds. The third-order valence-electron chi connectivity index (χ3n) is 2.70. The number of halogens is 2. The first-order valence-electron chi connectivity index (χ1n) is 5.52. The van der Waals surface area contributed by atoms with Crippen LogP contribution in [-0.4, -0.2) is 17.9 Å². The summed E-state index contributed by atoms with van der Waals surface area (Å²) < 4.78 is 31.7. The van der Waals surface area contributed by atoms with E-state index in [1.807, 2.05) is 0 Å². The van der Waals surface area contributed by atoms with Gasteiger partial charge in [0.25, 0.3) is 0 Å². The van der Waals surface area contributed by atoms with Gasteiger partial charge in [-0.05, 0) is 24.6 Å². The number of rotatable bonds is 3. The Labute approximate surface area is 108 Å². The molecule has 0 unspecified atom stereocenters. The first-order valence-corrected chi connectivity index (χ1v) is 5.52. The van der Waals surface area contributed by atoms with Crippen molar-refractivity contribution >= 4 is 5.78 Å². The second-order valence-corrected chi connectivity index (χ2v) is 4.02. The number of ether oxygens (including phenoxy) is 1. The van der Waals surface area contributed by atoms with Gasteiger partial charge in [-0.3, -0.25) is 9.78 Å². The fourth-order valence-corrected chi connectivity index (χ4v) is 1.64. The van der Waals surface area contributed by atoms with Gasteiger partial charge in [0.15, 0.2) is 5.78 Å². The van der Waals surface area contributed by atoms with E-state index in [1.165, 1.54) is 38.6 Å². The number of methoxy groups -OCH3 is 1. The number of nitrogens with zero attached hydrogens (tertiary/aromatic N) is 1. The summed E-state index contributed by atoms with van der Waals surface area (Å²) in [6.07, 6.45) is 2.74. The predicted molar refractivity (Wildman–Crippen MR) is 65.3 cm³/mol. The fraction of sp³-hybridized carbons (Fsp3) is 0.143. The second kappa shape index (κ2) is 5.14. The predicted octanol–water partition coefficient (Wildman–Crippen LogP) is 2.91. The zero-order valence-electron chi connectivity index (χ0n) is 10.4. The van der Waals surface area contributed by atoms with Crippen molar-refractivity contribution in [3.8, 4) is 5.75 Å². The Kier molecular flexibility index (Phi) is 3.55. The summed E-state index contributed by atoms with van der Waals surface area (Å²) in [5, 5.41) is 0. The molecule has 0 aliphatic carbocycles. The van der Waals surface area contributed by atoms with Crippen molar-refractivity contribution in [3.63, 3.8) is 0 Å². The molecule has 0 spiro atoms. The van der Waals surface area contributed by atoms with Crippen LogP contribution in [0.25, 0.3) is 0 Å². The molecule has 0 radical (unpaired) electrons. The molecule has 0 N–H and O–H groups in total. The number of carbonyl (C=O) groups excluding carboxylic acids is 1. The zero-order chi connectivity index (χ0) is 14.0. The van der Waals surface area contributed by atoms with Gasteiger partial charge < -0.3 is 4.74 Å². The number of benzene rings is 1. The number of pyridine rings is 1. The van der Waals surface area contributed by atoms with Crippen molar-refractivity contribution in [2.24, 2.45) is 0 Å². The lowest BCUT2D eigenvalue weighted by Gasteiger charge is -2.06. The Morgan fingerprint density at radius 2 is 1.89 bits per heavy atom. The maximum atomic E-state index is 13.6. The van der Waals surface area contributed by atoms with E-state index in [9.17, 15) is 13.6 Å². The summed E-state index contributed by atoms with van der Waals surface area (Å²) >= 11 is 0. The molecule has 98 valence electrons. The quantitative estimate of drug-likeness (QED) is 0.799. The molecule has 0 atom stereocenters. The van der Waals surface area contributed by atoms with Gasteiger partial charge in [0.1, 0.15) is 17.4 Å². The highest BCUT2D eigenvalue weighted by Crippen LogP contribution is 2.19. The molecule has 19 heavy (non-hydrogen) atoms. The molecule has 2 rings (SSSR count). The van der Waals surface area contributed by atoms with Crippen LogP contribution in [0.3, 0.4) is 0 Å². The van der Waals surface area contributed by atoms with Gasteiger partial charge in [0.05, 0.1) is 18.9 Å². The Morgan fingerprint density at radius 1 is 1.16 bits per heavy atom. The van der Waals surface area contributed by atoms with Crippen LogP contribution in [0.1, 0.15) is 21.5 Å². The highest BCUT2D eigenvalue weighted by atomic mass is 19.1. The van der Waals surface area contributed by atoms with Gasteiger partial charge in [-0.15, -0.1) is 0 Å². The molecule has 3 nitrogen and oxygen atoms in total. The molecular weight excluding hydrogens is 252 g/mol. The number of carbonyl (C=O) groups is 1. The largest absolute Gasteiger partial charge is 0.495 e. The van der Waals surface area contributed by atoms with Gasteiger partial charge in [0.2, 0.25) is 0 Å². The van der Waals surface area contributed by atoms with Crippen molar-refractivity contribution in [1.29, 1.82) is 0 Å². The molecule has 1 aromatic heterocycles. The van der Waals surface area contributed by atoms with Crippen molar-refractivity contribution < 1.29 is 18.3 Å². The van der Waals surface area contributed by atoms with Crippen LogP contribution >= 0.6 is 0 Å².